The highest BCUT2D eigenvalue weighted by atomic mass is 31.0. The second-order valence-electron chi connectivity index (χ2n) is 3.15. The van der Waals surface area contributed by atoms with Gasteiger partial charge in [0.25, 0.3) is 0 Å². The average Bonchev–Trinajstić information content (AvgIpc) is 2.45. The summed E-state index contributed by atoms with van der Waals surface area (Å²) in [6, 6.07) is 4.11. The molecule has 0 bridgehead atoms. The minimum Gasteiger partial charge on any atom is -0.304 e. The summed E-state index contributed by atoms with van der Waals surface area (Å²) in [7, 11) is 2.72. The van der Waals surface area contributed by atoms with Crippen molar-refractivity contribution in [1.29, 1.82) is 0 Å². The number of fused-ring (bicyclic) bond motifs is 1. The normalized spacial score (nSPS) is 11.0. The Kier molecular flexibility index (Phi) is 2.09. The van der Waals surface area contributed by atoms with E-state index in [1.54, 1.807) is 0 Å². The van der Waals surface area contributed by atoms with E-state index in [0.29, 0.717) is 0 Å². The van der Waals surface area contributed by atoms with Crippen molar-refractivity contribution in [2.24, 2.45) is 0 Å². The SMILES string of the molecule is CCc1nc2c(P)cccn2c1C. The Morgan fingerprint density at radius 3 is 2.92 bits per heavy atom. The van der Waals surface area contributed by atoms with Crippen molar-refractivity contribution >= 4 is 20.2 Å². The Hall–Kier alpha value is -0.880. The van der Waals surface area contributed by atoms with Gasteiger partial charge in [0, 0.05) is 17.2 Å². The van der Waals surface area contributed by atoms with Crippen LogP contribution in [0.5, 0.6) is 0 Å². The lowest BCUT2D eigenvalue weighted by molar-refractivity contribution is 1.02. The van der Waals surface area contributed by atoms with Crippen LogP contribution in [0.4, 0.5) is 0 Å². The van der Waals surface area contributed by atoms with Crippen LogP contribution in [0.1, 0.15) is 18.3 Å². The third kappa shape index (κ3) is 1.26. The molecule has 1 atom stereocenters. The molecule has 0 saturated heterocycles. The smallest absolute Gasteiger partial charge is 0.144 e. The van der Waals surface area contributed by atoms with Crippen LogP contribution in [-0.2, 0) is 6.42 Å². The summed E-state index contributed by atoms with van der Waals surface area (Å²) in [4.78, 5) is 4.57. The zero-order valence-corrected chi connectivity index (χ0v) is 9.07. The van der Waals surface area contributed by atoms with Crippen molar-refractivity contribution in [2.45, 2.75) is 20.3 Å². The second-order valence-corrected chi connectivity index (χ2v) is 3.78. The first-order valence-corrected chi connectivity index (χ1v) is 5.03. The molecule has 0 aliphatic heterocycles. The monoisotopic (exact) mass is 192 g/mol. The molecule has 2 aromatic rings. The predicted molar refractivity (Wildman–Crippen MR) is 58.7 cm³/mol. The molecule has 0 aliphatic rings. The lowest BCUT2D eigenvalue weighted by Crippen LogP contribution is -1.98. The molecular weight excluding hydrogens is 179 g/mol. The van der Waals surface area contributed by atoms with E-state index in [0.717, 1.165) is 17.4 Å². The first-order chi connectivity index (χ1) is 6.24. The average molecular weight is 192 g/mol. The molecule has 2 heterocycles. The van der Waals surface area contributed by atoms with Gasteiger partial charge in [-0.2, -0.15) is 0 Å². The van der Waals surface area contributed by atoms with Gasteiger partial charge in [-0.15, -0.1) is 9.24 Å². The van der Waals surface area contributed by atoms with Crippen LogP contribution in [0.25, 0.3) is 5.65 Å². The van der Waals surface area contributed by atoms with Crippen LogP contribution in [0.2, 0.25) is 0 Å². The first kappa shape index (κ1) is 8.71. The zero-order valence-electron chi connectivity index (χ0n) is 7.91. The van der Waals surface area contributed by atoms with E-state index in [-0.39, 0.29) is 0 Å². The number of aryl methyl sites for hydroxylation is 2. The van der Waals surface area contributed by atoms with Gasteiger partial charge in [0.05, 0.1) is 5.69 Å². The molecule has 68 valence electrons. The summed E-state index contributed by atoms with van der Waals surface area (Å²) in [6.45, 7) is 4.25. The largest absolute Gasteiger partial charge is 0.304 e. The molecule has 3 heteroatoms. The number of hydrogen-bond donors (Lipinski definition) is 0. The van der Waals surface area contributed by atoms with Gasteiger partial charge in [-0.3, -0.25) is 0 Å². The third-order valence-corrected chi connectivity index (χ3v) is 2.80. The molecular formula is C10H13N2P. The van der Waals surface area contributed by atoms with E-state index in [2.05, 4.69) is 44.7 Å². The van der Waals surface area contributed by atoms with Gasteiger partial charge in [0.2, 0.25) is 0 Å². The number of imidazole rings is 1. The first-order valence-electron chi connectivity index (χ1n) is 4.46. The molecule has 0 spiro atoms. The quantitative estimate of drug-likeness (QED) is 0.629. The molecule has 0 saturated carbocycles. The van der Waals surface area contributed by atoms with E-state index in [1.807, 2.05) is 6.07 Å². The molecule has 1 unspecified atom stereocenters. The molecule has 2 rings (SSSR count). The van der Waals surface area contributed by atoms with Crippen molar-refractivity contribution in [1.82, 2.24) is 9.38 Å². The fourth-order valence-corrected chi connectivity index (χ4v) is 1.90. The van der Waals surface area contributed by atoms with Crippen molar-refractivity contribution in [2.75, 3.05) is 0 Å². The Balaban J connectivity index is 2.83. The van der Waals surface area contributed by atoms with Crippen LogP contribution in [0.3, 0.4) is 0 Å². The summed E-state index contributed by atoms with van der Waals surface area (Å²) >= 11 is 0. The van der Waals surface area contributed by atoms with E-state index >= 15 is 0 Å². The molecule has 0 fully saturated rings. The maximum Gasteiger partial charge on any atom is 0.144 e. The molecule has 2 nitrogen and oxygen atoms in total. The maximum absolute atomic E-state index is 4.57. The molecule has 0 N–H and O–H groups in total. The lowest BCUT2D eigenvalue weighted by atomic mass is 10.3. The van der Waals surface area contributed by atoms with Crippen LogP contribution >= 0.6 is 9.24 Å². The molecule has 0 aromatic carbocycles. The Morgan fingerprint density at radius 2 is 2.31 bits per heavy atom. The summed E-state index contributed by atoms with van der Waals surface area (Å²) in [6.07, 6.45) is 3.06. The van der Waals surface area contributed by atoms with Crippen LogP contribution in [0.15, 0.2) is 18.3 Å². The van der Waals surface area contributed by atoms with Gasteiger partial charge in [-0.1, -0.05) is 6.92 Å². The molecule has 0 radical (unpaired) electrons. The van der Waals surface area contributed by atoms with Gasteiger partial charge in [0.15, 0.2) is 0 Å². The summed E-state index contributed by atoms with van der Waals surface area (Å²) in [5, 5.41) is 1.16. The Bertz CT molecular complexity index is 445. The summed E-state index contributed by atoms with van der Waals surface area (Å²) < 4.78 is 2.14. The number of aromatic nitrogens is 2. The van der Waals surface area contributed by atoms with Gasteiger partial charge >= 0.3 is 0 Å². The molecule has 0 amide bonds. The summed E-state index contributed by atoms with van der Waals surface area (Å²) in [5.74, 6) is 0. The van der Waals surface area contributed by atoms with Gasteiger partial charge in [-0.25, -0.2) is 4.98 Å². The Labute approximate surface area is 80.2 Å². The van der Waals surface area contributed by atoms with Gasteiger partial charge < -0.3 is 4.40 Å². The van der Waals surface area contributed by atoms with Crippen molar-refractivity contribution in [3.63, 3.8) is 0 Å². The Morgan fingerprint density at radius 1 is 1.54 bits per heavy atom. The highest BCUT2D eigenvalue weighted by molar-refractivity contribution is 7.28. The molecule has 13 heavy (non-hydrogen) atoms. The number of pyridine rings is 1. The van der Waals surface area contributed by atoms with E-state index < -0.39 is 0 Å². The van der Waals surface area contributed by atoms with E-state index in [4.69, 9.17) is 0 Å². The molecule has 0 aliphatic carbocycles. The third-order valence-electron chi connectivity index (χ3n) is 2.35. The van der Waals surface area contributed by atoms with Crippen molar-refractivity contribution in [3.05, 3.63) is 29.7 Å². The standard InChI is InChI=1S/C10H13N2P/c1-3-8-7(2)12-6-4-5-9(13)10(12)11-8/h4-6H,3,13H2,1-2H3. The van der Waals surface area contributed by atoms with Crippen LogP contribution in [0, 0.1) is 6.92 Å². The predicted octanol–water partition coefficient (Wildman–Crippen LogP) is 1.71. The highest BCUT2D eigenvalue weighted by Gasteiger charge is 2.06. The fraction of sp³-hybridized carbons (Fsp3) is 0.300. The van der Waals surface area contributed by atoms with E-state index in [9.17, 15) is 0 Å². The van der Waals surface area contributed by atoms with Crippen molar-refractivity contribution < 1.29 is 0 Å². The zero-order chi connectivity index (χ0) is 9.42. The summed E-state index contributed by atoms with van der Waals surface area (Å²) in [5.41, 5.74) is 3.50. The fourth-order valence-electron chi connectivity index (χ4n) is 1.59. The minimum absolute atomic E-state index is 0.998. The number of rotatable bonds is 1. The highest BCUT2D eigenvalue weighted by Crippen LogP contribution is 2.11. The number of hydrogen-bond acceptors (Lipinski definition) is 1. The lowest BCUT2D eigenvalue weighted by Gasteiger charge is -1.97. The second kappa shape index (κ2) is 3.12. The van der Waals surface area contributed by atoms with Crippen LogP contribution in [-0.4, -0.2) is 9.38 Å². The minimum atomic E-state index is 0.998. The van der Waals surface area contributed by atoms with E-state index in [1.165, 1.54) is 11.4 Å². The van der Waals surface area contributed by atoms with Crippen molar-refractivity contribution in [3.8, 4) is 0 Å². The van der Waals surface area contributed by atoms with Gasteiger partial charge in [-0.05, 0) is 25.5 Å². The topological polar surface area (TPSA) is 17.3 Å². The van der Waals surface area contributed by atoms with Gasteiger partial charge in [0.1, 0.15) is 5.65 Å². The number of nitrogens with zero attached hydrogens (tertiary/aromatic N) is 2. The maximum atomic E-state index is 4.57. The molecule has 2 aromatic heterocycles. The van der Waals surface area contributed by atoms with Crippen LogP contribution < -0.4 is 5.30 Å².